The molecule has 0 amide bonds. The van der Waals surface area contributed by atoms with Crippen LogP contribution in [0.2, 0.25) is 0 Å². The molecule has 0 fully saturated rings. The van der Waals surface area contributed by atoms with E-state index in [1.54, 1.807) is 0 Å². The molecule has 0 spiro atoms. The minimum Gasteiger partial charge on any atom is -0.460 e. The van der Waals surface area contributed by atoms with E-state index in [4.69, 9.17) is 10.5 Å². The number of rotatable bonds is 16. The third kappa shape index (κ3) is 15.3. The molecule has 0 aliphatic heterocycles. The van der Waals surface area contributed by atoms with Gasteiger partial charge in [0.2, 0.25) is 0 Å². The van der Waals surface area contributed by atoms with Crippen molar-refractivity contribution in [2.24, 2.45) is 5.73 Å². The summed E-state index contributed by atoms with van der Waals surface area (Å²) in [6.45, 7) is 15.1. The summed E-state index contributed by atoms with van der Waals surface area (Å²) in [5.74, 6) is -0.123. The van der Waals surface area contributed by atoms with Gasteiger partial charge in [0.25, 0.3) is 0 Å². The molecule has 0 saturated carbocycles. The van der Waals surface area contributed by atoms with Crippen LogP contribution < -0.4 is 11.1 Å². The van der Waals surface area contributed by atoms with Crippen LogP contribution in [0.4, 0.5) is 0 Å². The molecule has 0 radical (unpaired) electrons. The Labute approximate surface area is 159 Å². The number of aldehydes is 1. The SMILES string of the molecule is CCN(CCCCC(=O)OC(C)(C)C)CCN(CC=O)CCNCCN. The topological polar surface area (TPSA) is 87.9 Å². The van der Waals surface area contributed by atoms with Gasteiger partial charge in [-0.1, -0.05) is 6.92 Å². The summed E-state index contributed by atoms with van der Waals surface area (Å²) in [7, 11) is 0. The van der Waals surface area contributed by atoms with Crippen LogP contribution in [0.3, 0.4) is 0 Å². The zero-order chi connectivity index (χ0) is 19.8. The molecule has 7 nitrogen and oxygen atoms in total. The third-order valence-electron chi connectivity index (χ3n) is 3.96. The van der Waals surface area contributed by atoms with Gasteiger partial charge in [0.1, 0.15) is 11.9 Å². The first-order chi connectivity index (χ1) is 12.3. The lowest BCUT2D eigenvalue weighted by atomic mass is 10.2. The number of nitrogens with one attached hydrogen (secondary N) is 1. The molecule has 0 aliphatic carbocycles. The molecule has 0 aromatic rings. The van der Waals surface area contributed by atoms with E-state index in [0.717, 1.165) is 64.9 Å². The Bertz CT molecular complexity index is 372. The maximum absolute atomic E-state index is 11.7. The molecule has 3 N–H and O–H groups in total. The standard InChI is InChI=1S/C19H40N4O3/c1-5-22(12-7-6-8-18(25)26-19(2,3)4)14-15-23(16-17-24)13-11-21-10-9-20/h17,21H,5-16,20H2,1-4H3. The predicted molar refractivity (Wildman–Crippen MR) is 106 cm³/mol. The van der Waals surface area contributed by atoms with Gasteiger partial charge in [0.05, 0.1) is 6.54 Å². The van der Waals surface area contributed by atoms with E-state index < -0.39 is 5.60 Å². The monoisotopic (exact) mass is 372 g/mol. The molecule has 0 rings (SSSR count). The number of nitrogens with zero attached hydrogens (tertiary/aromatic N) is 2. The predicted octanol–water partition coefficient (Wildman–Crippen LogP) is 0.870. The average Bonchev–Trinajstić information content (AvgIpc) is 2.56. The molecule has 0 atom stereocenters. The van der Waals surface area contributed by atoms with Gasteiger partial charge in [-0.15, -0.1) is 0 Å². The number of likely N-dealkylation sites (N-methyl/N-ethyl adjacent to an activating group) is 1. The van der Waals surface area contributed by atoms with Gasteiger partial charge in [-0.3, -0.25) is 9.69 Å². The lowest BCUT2D eigenvalue weighted by molar-refractivity contribution is -0.154. The van der Waals surface area contributed by atoms with Crippen molar-refractivity contribution in [1.29, 1.82) is 0 Å². The van der Waals surface area contributed by atoms with E-state index in [1.165, 1.54) is 0 Å². The van der Waals surface area contributed by atoms with Crippen molar-refractivity contribution in [2.45, 2.75) is 52.6 Å². The quantitative estimate of drug-likeness (QED) is 0.236. The Kier molecular flexibility index (Phi) is 14.5. The molecular formula is C19H40N4O3. The highest BCUT2D eigenvalue weighted by atomic mass is 16.6. The van der Waals surface area contributed by atoms with Gasteiger partial charge in [0.15, 0.2) is 0 Å². The summed E-state index contributed by atoms with van der Waals surface area (Å²) in [5.41, 5.74) is 5.05. The highest BCUT2D eigenvalue weighted by molar-refractivity contribution is 5.69. The number of hydrogen-bond donors (Lipinski definition) is 2. The molecule has 0 aromatic heterocycles. The maximum atomic E-state index is 11.7. The van der Waals surface area contributed by atoms with Crippen LogP contribution in [0.15, 0.2) is 0 Å². The molecule has 0 unspecified atom stereocenters. The van der Waals surface area contributed by atoms with Crippen LogP contribution in [-0.4, -0.2) is 86.6 Å². The molecular weight excluding hydrogens is 332 g/mol. The van der Waals surface area contributed by atoms with E-state index in [1.807, 2.05) is 20.8 Å². The molecule has 0 heterocycles. The first-order valence-electron chi connectivity index (χ1n) is 9.83. The van der Waals surface area contributed by atoms with E-state index in [2.05, 4.69) is 22.0 Å². The first-order valence-corrected chi connectivity index (χ1v) is 9.83. The van der Waals surface area contributed by atoms with Crippen molar-refractivity contribution in [3.05, 3.63) is 0 Å². The summed E-state index contributed by atoms with van der Waals surface area (Å²) in [6.07, 6.45) is 3.24. The summed E-state index contributed by atoms with van der Waals surface area (Å²) in [4.78, 5) is 27.1. The van der Waals surface area contributed by atoms with Gasteiger partial charge in [-0.05, 0) is 46.7 Å². The van der Waals surface area contributed by atoms with Crippen molar-refractivity contribution in [1.82, 2.24) is 15.1 Å². The summed E-state index contributed by atoms with van der Waals surface area (Å²) < 4.78 is 5.33. The van der Waals surface area contributed by atoms with Crippen LogP contribution in [-0.2, 0) is 14.3 Å². The molecule has 26 heavy (non-hydrogen) atoms. The van der Waals surface area contributed by atoms with E-state index in [-0.39, 0.29) is 5.97 Å². The zero-order valence-corrected chi connectivity index (χ0v) is 17.3. The Hall–Kier alpha value is -1.02. The Morgan fingerprint density at radius 1 is 1.08 bits per heavy atom. The van der Waals surface area contributed by atoms with Crippen LogP contribution in [0.5, 0.6) is 0 Å². The number of esters is 1. The summed E-state index contributed by atoms with van der Waals surface area (Å²) in [6, 6.07) is 0. The highest BCUT2D eigenvalue weighted by Crippen LogP contribution is 2.10. The largest absolute Gasteiger partial charge is 0.460 e. The average molecular weight is 373 g/mol. The zero-order valence-electron chi connectivity index (χ0n) is 17.3. The number of nitrogens with two attached hydrogens (primary N) is 1. The molecule has 0 aromatic carbocycles. The number of carbonyl (C=O) groups is 2. The number of hydrogen-bond acceptors (Lipinski definition) is 7. The van der Waals surface area contributed by atoms with Crippen LogP contribution in [0, 0.1) is 0 Å². The molecule has 154 valence electrons. The number of ether oxygens (including phenoxy) is 1. The summed E-state index contributed by atoms with van der Waals surface area (Å²) in [5, 5.41) is 3.25. The lowest BCUT2D eigenvalue weighted by Crippen LogP contribution is -2.40. The fraction of sp³-hybridized carbons (Fsp3) is 0.895. The van der Waals surface area contributed by atoms with Gasteiger partial charge >= 0.3 is 5.97 Å². The number of carbonyl (C=O) groups excluding carboxylic acids is 2. The minimum absolute atomic E-state index is 0.123. The Morgan fingerprint density at radius 2 is 1.77 bits per heavy atom. The van der Waals surface area contributed by atoms with Crippen LogP contribution >= 0.6 is 0 Å². The Morgan fingerprint density at radius 3 is 2.35 bits per heavy atom. The van der Waals surface area contributed by atoms with Gasteiger partial charge in [0, 0.05) is 45.7 Å². The van der Waals surface area contributed by atoms with Gasteiger partial charge < -0.3 is 25.5 Å². The summed E-state index contributed by atoms with van der Waals surface area (Å²) >= 11 is 0. The van der Waals surface area contributed by atoms with Gasteiger partial charge in [-0.2, -0.15) is 0 Å². The van der Waals surface area contributed by atoms with E-state index in [0.29, 0.717) is 19.5 Å². The Balaban J connectivity index is 4.00. The molecule has 0 saturated heterocycles. The van der Waals surface area contributed by atoms with E-state index in [9.17, 15) is 9.59 Å². The second-order valence-electron chi connectivity index (χ2n) is 7.48. The van der Waals surface area contributed by atoms with Crippen molar-refractivity contribution in [3.63, 3.8) is 0 Å². The second-order valence-corrected chi connectivity index (χ2v) is 7.48. The normalized spacial score (nSPS) is 12.0. The van der Waals surface area contributed by atoms with Crippen molar-refractivity contribution in [2.75, 3.05) is 58.9 Å². The van der Waals surface area contributed by atoms with Crippen molar-refractivity contribution in [3.8, 4) is 0 Å². The smallest absolute Gasteiger partial charge is 0.306 e. The van der Waals surface area contributed by atoms with Crippen molar-refractivity contribution < 1.29 is 14.3 Å². The first kappa shape index (κ1) is 25.0. The molecule has 0 aliphatic rings. The van der Waals surface area contributed by atoms with E-state index >= 15 is 0 Å². The van der Waals surface area contributed by atoms with Gasteiger partial charge in [-0.25, -0.2) is 0 Å². The van der Waals surface area contributed by atoms with Crippen LogP contribution in [0.25, 0.3) is 0 Å². The maximum Gasteiger partial charge on any atom is 0.306 e. The lowest BCUT2D eigenvalue weighted by Gasteiger charge is -2.26. The van der Waals surface area contributed by atoms with Crippen LogP contribution in [0.1, 0.15) is 47.0 Å². The third-order valence-corrected chi connectivity index (χ3v) is 3.96. The minimum atomic E-state index is -0.409. The molecule has 0 bridgehead atoms. The second kappa shape index (κ2) is 15.1. The van der Waals surface area contributed by atoms with Crippen molar-refractivity contribution >= 4 is 12.3 Å². The fourth-order valence-corrected chi connectivity index (χ4v) is 2.57. The fourth-order valence-electron chi connectivity index (χ4n) is 2.57. The number of unbranched alkanes of at least 4 members (excludes halogenated alkanes) is 1. The molecule has 7 heteroatoms. The highest BCUT2D eigenvalue weighted by Gasteiger charge is 2.15.